The molecule has 1 aromatic rings. The second kappa shape index (κ2) is 10.4. The van der Waals surface area contributed by atoms with Crippen LogP contribution in [0.15, 0.2) is 24.3 Å². The summed E-state index contributed by atoms with van der Waals surface area (Å²) < 4.78 is 10.6. The van der Waals surface area contributed by atoms with Crippen LogP contribution in [0.2, 0.25) is 0 Å². The highest BCUT2D eigenvalue weighted by atomic mass is 16.5. The highest BCUT2D eigenvalue weighted by Crippen LogP contribution is 2.16. The Balaban J connectivity index is 2.49. The van der Waals surface area contributed by atoms with Gasteiger partial charge in [0.2, 0.25) is 0 Å². The third-order valence-electron chi connectivity index (χ3n) is 3.84. The molecule has 0 aliphatic rings. The molecule has 1 atom stereocenters. The number of hydrogen-bond acceptors (Lipinski definition) is 3. The van der Waals surface area contributed by atoms with Crippen LogP contribution in [-0.2, 0) is 27.3 Å². The molecule has 0 heterocycles. The van der Waals surface area contributed by atoms with E-state index in [0.717, 1.165) is 24.2 Å². The van der Waals surface area contributed by atoms with Crippen molar-refractivity contribution in [3.8, 4) is 0 Å². The lowest BCUT2D eigenvalue weighted by Gasteiger charge is -2.15. The molecule has 0 aliphatic carbocycles. The standard InChI is InChI=1S/C18H28O3/c1-4-6-9-15(5-2)13-21-14-17-11-8-7-10-16(17)12-18(19)20-3/h7-8,10-11,15H,4-6,9,12-14H2,1-3H3. The molecular formula is C18H28O3. The van der Waals surface area contributed by atoms with Gasteiger partial charge in [-0.3, -0.25) is 4.79 Å². The molecule has 0 aliphatic heterocycles. The molecule has 0 amide bonds. The van der Waals surface area contributed by atoms with Crippen LogP contribution in [0.1, 0.15) is 50.7 Å². The lowest BCUT2D eigenvalue weighted by atomic mass is 10.0. The van der Waals surface area contributed by atoms with Gasteiger partial charge in [-0.2, -0.15) is 0 Å². The summed E-state index contributed by atoms with van der Waals surface area (Å²) >= 11 is 0. The molecule has 3 nitrogen and oxygen atoms in total. The van der Waals surface area contributed by atoms with Crippen LogP contribution in [0.25, 0.3) is 0 Å². The van der Waals surface area contributed by atoms with Crippen LogP contribution < -0.4 is 0 Å². The second-order valence-corrected chi connectivity index (χ2v) is 5.45. The Kier molecular flexibility index (Phi) is 8.76. The zero-order chi connectivity index (χ0) is 15.5. The quantitative estimate of drug-likeness (QED) is 0.608. The first-order valence-electron chi connectivity index (χ1n) is 7.92. The third kappa shape index (κ3) is 6.76. The van der Waals surface area contributed by atoms with Crippen LogP contribution in [0.4, 0.5) is 0 Å². The minimum atomic E-state index is -0.211. The van der Waals surface area contributed by atoms with E-state index in [2.05, 4.69) is 13.8 Å². The first-order valence-corrected chi connectivity index (χ1v) is 7.92. The molecule has 1 unspecified atom stereocenters. The van der Waals surface area contributed by atoms with Gasteiger partial charge in [-0.15, -0.1) is 0 Å². The van der Waals surface area contributed by atoms with Gasteiger partial charge in [0.15, 0.2) is 0 Å². The van der Waals surface area contributed by atoms with Crippen molar-refractivity contribution in [2.75, 3.05) is 13.7 Å². The van der Waals surface area contributed by atoms with Crippen molar-refractivity contribution in [1.29, 1.82) is 0 Å². The smallest absolute Gasteiger partial charge is 0.309 e. The number of esters is 1. The molecule has 1 aromatic carbocycles. The van der Waals surface area contributed by atoms with Gasteiger partial charge >= 0.3 is 5.97 Å². The number of unbranched alkanes of at least 4 members (excludes halogenated alkanes) is 1. The molecule has 3 heteroatoms. The van der Waals surface area contributed by atoms with E-state index in [0.29, 0.717) is 18.9 Å². The van der Waals surface area contributed by atoms with E-state index in [1.54, 1.807) is 0 Å². The number of rotatable bonds is 10. The van der Waals surface area contributed by atoms with Crippen LogP contribution in [0.5, 0.6) is 0 Å². The summed E-state index contributed by atoms with van der Waals surface area (Å²) in [5.74, 6) is 0.426. The van der Waals surface area contributed by atoms with Gasteiger partial charge in [0.25, 0.3) is 0 Å². The molecule has 0 spiro atoms. The summed E-state index contributed by atoms with van der Waals surface area (Å²) in [6, 6.07) is 7.90. The predicted molar refractivity (Wildman–Crippen MR) is 85.1 cm³/mol. The minimum Gasteiger partial charge on any atom is -0.469 e. The monoisotopic (exact) mass is 292 g/mol. The molecule has 0 aromatic heterocycles. The first kappa shape index (κ1) is 17.7. The van der Waals surface area contributed by atoms with Crippen LogP contribution >= 0.6 is 0 Å². The average Bonchev–Trinajstić information content (AvgIpc) is 2.52. The molecule has 0 bridgehead atoms. The van der Waals surface area contributed by atoms with Crippen LogP contribution in [0.3, 0.4) is 0 Å². The summed E-state index contributed by atoms with van der Waals surface area (Å²) in [5, 5.41) is 0. The number of ether oxygens (including phenoxy) is 2. The SMILES string of the molecule is CCCCC(CC)COCc1ccccc1CC(=O)OC. The van der Waals surface area contributed by atoms with E-state index in [1.165, 1.54) is 26.4 Å². The minimum absolute atomic E-state index is 0.211. The predicted octanol–water partition coefficient (Wildman–Crippen LogP) is 4.14. The van der Waals surface area contributed by atoms with Crippen molar-refractivity contribution in [1.82, 2.24) is 0 Å². The van der Waals surface area contributed by atoms with Gasteiger partial charge in [0.05, 0.1) is 20.1 Å². The van der Waals surface area contributed by atoms with Gasteiger partial charge in [0, 0.05) is 6.61 Å². The highest BCUT2D eigenvalue weighted by molar-refractivity contribution is 5.72. The number of hydrogen-bond donors (Lipinski definition) is 0. The van der Waals surface area contributed by atoms with E-state index >= 15 is 0 Å². The van der Waals surface area contributed by atoms with Crippen LogP contribution in [0, 0.1) is 5.92 Å². The topological polar surface area (TPSA) is 35.5 Å². The van der Waals surface area contributed by atoms with E-state index in [9.17, 15) is 4.79 Å². The van der Waals surface area contributed by atoms with Crippen LogP contribution in [-0.4, -0.2) is 19.7 Å². The molecule has 0 saturated heterocycles. The summed E-state index contributed by atoms with van der Waals surface area (Å²) in [4.78, 5) is 11.4. The maximum Gasteiger partial charge on any atom is 0.309 e. The molecule has 1 rings (SSSR count). The van der Waals surface area contributed by atoms with Gasteiger partial charge in [0.1, 0.15) is 0 Å². The largest absolute Gasteiger partial charge is 0.469 e. The number of methoxy groups -OCH3 is 1. The summed E-state index contributed by atoms with van der Waals surface area (Å²) in [6.45, 7) is 5.80. The Labute approximate surface area is 128 Å². The zero-order valence-corrected chi connectivity index (χ0v) is 13.6. The first-order chi connectivity index (χ1) is 10.2. The van der Waals surface area contributed by atoms with Crippen molar-refractivity contribution in [3.05, 3.63) is 35.4 Å². The zero-order valence-electron chi connectivity index (χ0n) is 13.6. The fraction of sp³-hybridized carbons (Fsp3) is 0.611. The Morgan fingerprint density at radius 2 is 1.90 bits per heavy atom. The molecular weight excluding hydrogens is 264 g/mol. The van der Waals surface area contributed by atoms with Gasteiger partial charge < -0.3 is 9.47 Å². The number of carbonyl (C=O) groups is 1. The summed E-state index contributed by atoms with van der Waals surface area (Å²) in [7, 11) is 1.42. The highest BCUT2D eigenvalue weighted by Gasteiger charge is 2.10. The average molecular weight is 292 g/mol. The number of benzene rings is 1. The molecule has 0 fully saturated rings. The van der Waals surface area contributed by atoms with Crippen molar-refractivity contribution < 1.29 is 14.3 Å². The van der Waals surface area contributed by atoms with Gasteiger partial charge in [-0.05, 0) is 23.5 Å². The second-order valence-electron chi connectivity index (χ2n) is 5.45. The van der Waals surface area contributed by atoms with E-state index < -0.39 is 0 Å². The summed E-state index contributed by atoms with van der Waals surface area (Å²) in [5.41, 5.74) is 2.07. The van der Waals surface area contributed by atoms with Crippen molar-refractivity contribution in [2.24, 2.45) is 5.92 Å². The van der Waals surface area contributed by atoms with Crippen molar-refractivity contribution in [2.45, 2.75) is 52.6 Å². The maximum atomic E-state index is 11.4. The van der Waals surface area contributed by atoms with E-state index in [1.807, 2.05) is 24.3 Å². The Morgan fingerprint density at radius 1 is 1.19 bits per heavy atom. The van der Waals surface area contributed by atoms with E-state index in [-0.39, 0.29) is 5.97 Å². The normalized spacial score (nSPS) is 12.1. The molecule has 0 radical (unpaired) electrons. The molecule has 21 heavy (non-hydrogen) atoms. The Bertz CT molecular complexity index is 415. The van der Waals surface area contributed by atoms with Gasteiger partial charge in [-0.25, -0.2) is 0 Å². The Hall–Kier alpha value is -1.35. The van der Waals surface area contributed by atoms with Gasteiger partial charge in [-0.1, -0.05) is 57.4 Å². The molecule has 0 N–H and O–H groups in total. The van der Waals surface area contributed by atoms with Crippen molar-refractivity contribution >= 4 is 5.97 Å². The third-order valence-corrected chi connectivity index (χ3v) is 3.84. The van der Waals surface area contributed by atoms with E-state index in [4.69, 9.17) is 9.47 Å². The summed E-state index contributed by atoms with van der Waals surface area (Å²) in [6.07, 6.45) is 5.20. The lowest BCUT2D eigenvalue weighted by molar-refractivity contribution is -0.139. The fourth-order valence-electron chi connectivity index (χ4n) is 2.33. The Morgan fingerprint density at radius 3 is 2.52 bits per heavy atom. The molecule has 0 saturated carbocycles. The fourth-order valence-corrected chi connectivity index (χ4v) is 2.33. The van der Waals surface area contributed by atoms with Crippen molar-refractivity contribution in [3.63, 3.8) is 0 Å². The lowest BCUT2D eigenvalue weighted by Crippen LogP contribution is -2.11. The molecule has 118 valence electrons. The number of carbonyl (C=O) groups excluding carboxylic acids is 1. The maximum absolute atomic E-state index is 11.4.